The van der Waals surface area contributed by atoms with Gasteiger partial charge in [-0.2, -0.15) is 0 Å². The van der Waals surface area contributed by atoms with E-state index < -0.39 is 11.9 Å². The van der Waals surface area contributed by atoms with Gasteiger partial charge in [-0.15, -0.1) is 0 Å². The molecule has 1 saturated heterocycles. The standard InChI is InChI=1S/C17H22N2O5/c1-23-15-5-3-2-4-14(15)19-10-8-18(9-11-19)12-13-24-17(22)7-6-16(20)21/h2-7H,8-13H2,1H3,(H,20,21)/b7-6+. The van der Waals surface area contributed by atoms with E-state index in [1.807, 2.05) is 24.3 Å². The van der Waals surface area contributed by atoms with Crippen molar-refractivity contribution in [3.8, 4) is 5.75 Å². The summed E-state index contributed by atoms with van der Waals surface area (Å²) in [5.74, 6) is -0.936. The number of methoxy groups -OCH3 is 1. The second-order valence-electron chi connectivity index (χ2n) is 5.34. The summed E-state index contributed by atoms with van der Waals surface area (Å²) >= 11 is 0. The molecule has 24 heavy (non-hydrogen) atoms. The van der Waals surface area contributed by atoms with E-state index in [0.717, 1.165) is 49.8 Å². The molecule has 0 saturated carbocycles. The van der Waals surface area contributed by atoms with Crippen LogP contribution >= 0.6 is 0 Å². The number of nitrogens with zero attached hydrogens (tertiary/aromatic N) is 2. The van der Waals surface area contributed by atoms with E-state index in [1.54, 1.807) is 7.11 Å². The third kappa shape index (κ3) is 5.27. The Morgan fingerprint density at radius 1 is 1.17 bits per heavy atom. The maximum absolute atomic E-state index is 11.3. The number of carbonyl (C=O) groups excluding carboxylic acids is 1. The number of piperazine rings is 1. The highest BCUT2D eigenvalue weighted by Crippen LogP contribution is 2.28. The molecule has 0 atom stereocenters. The van der Waals surface area contributed by atoms with Gasteiger partial charge in [0, 0.05) is 44.9 Å². The number of benzene rings is 1. The largest absolute Gasteiger partial charge is 0.495 e. The van der Waals surface area contributed by atoms with Gasteiger partial charge in [-0.1, -0.05) is 12.1 Å². The normalized spacial score (nSPS) is 15.5. The van der Waals surface area contributed by atoms with Crippen molar-refractivity contribution in [1.82, 2.24) is 4.90 Å². The van der Waals surface area contributed by atoms with Gasteiger partial charge in [0.25, 0.3) is 0 Å². The van der Waals surface area contributed by atoms with Crippen LogP contribution in [-0.4, -0.2) is 68.4 Å². The Labute approximate surface area is 141 Å². The van der Waals surface area contributed by atoms with E-state index in [1.165, 1.54) is 0 Å². The van der Waals surface area contributed by atoms with Crippen LogP contribution in [0.2, 0.25) is 0 Å². The number of aliphatic carboxylic acids is 1. The fourth-order valence-electron chi connectivity index (χ4n) is 2.57. The summed E-state index contributed by atoms with van der Waals surface area (Å²) in [5, 5.41) is 8.43. The number of carboxylic acid groups (broad SMARTS) is 1. The first-order valence-corrected chi connectivity index (χ1v) is 7.78. The van der Waals surface area contributed by atoms with Crippen LogP contribution in [0.15, 0.2) is 36.4 Å². The molecular weight excluding hydrogens is 312 g/mol. The van der Waals surface area contributed by atoms with Crippen LogP contribution in [-0.2, 0) is 14.3 Å². The average Bonchev–Trinajstić information content (AvgIpc) is 2.60. The maximum atomic E-state index is 11.3. The van der Waals surface area contributed by atoms with Gasteiger partial charge in [0.05, 0.1) is 12.8 Å². The van der Waals surface area contributed by atoms with Crippen molar-refractivity contribution < 1.29 is 24.2 Å². The third-order valence-corrected chi connectivity index (χ3v) is 3.81. The van der Waals surface area contributed by atoms with Crippen molar-refractivity contribution in [3.05, 3.63) is 36.4 Å². The summed E-state index contributed by atoms with van der Waals surface area (Å²) in [6.45, 7) is 4.34. The van der Waals surface area contributed by atoms with E-state index in [2.05, 4.69) is 9.80 Å². The van der Waals surface area contributed by atoms with E-state index in [9.17, 15) is 9.59 Å². The molecule has 0 amide bonds. The molecule has 1 aromatic rings. The first-order valence-electron chi connectivity index (χ1n) is 7.78. The summed E-state index contributed by atoms with van der Waals surface area (Å²) < 4.78 is 10.4. The van der Waals surface area contributed by atoms with Crippen LogP contribution in [0.5, 0.6) is 5.75 Å². The van der Waals surface area contributed by atoms with Crippen molar-refractivity contribution in [2.45, 2.75) is 0 Å². The Balaban J connectivity index is 1.73. The first-order chi connectivity index (χ1) is 11.6. The van der Waals surface area contributed by atoms with Crippen LogP contribution in [0.4, 0.5) is 5.69 Å². The lowest BCUT2D eigenvalue weighted by Crippen LogP contribution is -2.47. The van der Waals surface area contributed by atoms with Gasteiger partial charge < -0.3 is 19.5 Å². The zero-order chi connectivity index (χ0) is 17.4. The minimum absolute atomic E-state index is 0.247. The number of ether oxygens (including phenoxy) is 2. The third-order valence-electron chi connectivity index (χ3n) is 3.81. The zero-order valence-electron chi connectivity index (χ0n) is 13.7. The highest BCUT2D eigenvalue weighted by molar-refractivity contribution is 5.90. The van der Waals surface area contributed by atoms with Crippen LogP contribution < -0.4 is 9.64 Å². The molecule has 1 aliphatic heterocycles. The first kappa shape index (κ1) is 17.8. The Kier molecular flexibility index (Phi) is 6.62. The second-order valence-corrected chi connectivity index (χ2v) is 5.34. The number of anilines is 1. The molecule has 1 aliphatic rings. The monoisotopic (exact) mass is 334 g/mol. The Morgan fingerprint density at radius 2 is 1.88 bits per heavy atom. The number of para-hydroxylation sites is 2. The van der Waals surface area contributed by atoms with Crippen molar-refractivity contribution in [1.29, 1.82) is 0 Å². The number of carbonyl (C=O) groups is 2. The van der Waals surface area contributed by atoms with Crippen molar-refractivity contribution in [2.24, 2.45) is 0 Å². The van der Waals surface area contributed by atoms with Crippen molar-refractivity contribution in [2.75, 3.05) is 51.3 Å². The highest BCUT2D eigenvalue weighted by atomic mass is 16.5. The van der Waals surface area contributed by atoms with E-state index in [0.29, 0.717) is 6.54 Å². The summed E-state index contributed by atoms with van der Waals surface area (Å²) in [7, 11) is 1.67. The Bertz CT molecular complexity index is 594. The molecule has 1 aromatic carbocycles. The van der Waals surface area contributed by atoms with E-state index in [4.69, 9.17) is 14.6 Å². The number of hydrogen-bond acceptors (Lipinski definition) is 6. The molecule has 1 heterocycles. The number of esters is 1. The molecule has 1 fully saturated rings. The zero-order valence-corrected chi connectivity index (χ0v) is 13.7. The maximum Gasteiger partial charge on any atom is 0.331 e. The fraction of sp³-hybridized carbons (Fsp3) is 0.412. The van der Waals surface area contributed by atoms with E-state index in [-0.39, 0.29) is 6.61 Å². The lowest BCUT2D eigenvalue weighted by Gasteiger charge is -2.36. The molecule has 0 spiro atoms. The Morgan fingerprint density at radius 3 is 2.54 bits per heavy atom. The summed E-state index contributed by atoms with van der Waals surface area (Å²) in [6.07, 6.45) is 1.69. The molecule has 7 heteroatoms. The summed E-state index contributed by atoms with van der Waals surface area (Å²) in [5.41, 5.74) is 1.09. The molecule has 130 valence electrons. The predicted octanol–water partition coefficient (Wildman–Crippen LogP) is 1.00. The molecule has 0 aliphatic carbocycles. The smallest absolute Gasteiger partial charge is 0.331 e. The molecule has 0 aromatic heterocycles. The lowest BCUT2D eigenvalue weighted by atomic mass is 10.2. The van der Waals surface area contributed by atoms with Gasteiger partial charge >= 0.3 is 11.9 Å². The predicted molar refractivity (Wildman–Crippen MR) is 89.4 cm³/mol. The van der Waals surface area contributed by atoms with Crippen LogP contribution in [0.25, 0.3) is 0 Å². The second kappa shape index (κ2) is 8.93. The minimum Gasteiger partial charge on any atom is -0.495 e. The van der Waals surface area contributed by atoms with Crippen LogP contribution in [0, 0.1) is 0 Å². The molecule has 0 bridgehead atoms. The molecule has 7 nitrogen and oxygen atoms in total. The van der Waals surface area contributed by atoms with Gasteiger partial charge in [-0.05, 0) is 12.1 Å². The van der Waals surface area contributed by atoms with Gasteiger partial charge in [0.15, 0.2) is 0 Å². The van der Waals surface area contributed by atoms with Gasteiger partial charge in [0.2, 0.25) is 0 Å². The summed E-state index contributed by atoms with van der Waals surface area (Å²) in [6, 6.07) is 7.94. The highest BCUT2D eigenvalue weighted by Gasteiger charge is 2.19. The quantitative estimate of drug-likeness (QED) is 0.589. The number of hydrogen-bond donors (Lipinski definition) is 1. The molecule has 0 radical (unpaired) electrons. The lowest BCUT2D eigenvalue weighted by molar-refractivity contribution is -0.139. The molecule has 2 rings (SSSR count). The Hall–Kier alpha value is -2.54. The fourth-order valence-corrected chi connectivity index (χ4v) is 2.57. The van der Waals surface area contributed by atoms with Gasteiger partial charge in [-0.3, -0.25) is 4.90 Å². The van der Waals surface area contributed by atoms with Crippen LogP contribution in [0.1, 0.15) is 0 Å². The van der Waals surface area contributed by atoms with Crippen LogP contribution in [0.3, 0.4) is 0 Å². The molecular formula is C17H22N2O5. The van der Waals surface area contributed by atoms with Gasteiger partial charge in [0.1, 0.15) is 12.4 Å². The topological polar surface area (TPSA) is 79.3 Å². The summed E-state index contributed by atoms with van der Waals surface area (Å²) in [4.78, 5) is 26.1. The number of carboxylic acids is 1. The average molecular weight is 334 g/mol. The number of rotatable bonds is 7. The van der Waals surface area contributed by atoms with E-state index >= 15 is 0 Å². The molecule has 1 N–H and O–H groups in total. The van der Waals surface area contributed by atoms with Crippen molar-refractivity contribution >= 4 is 17.6 Å². The SMILES string of the molecule is COc1ccccc1N1CCN(CCOC(=O)/C=C/C(=O)O)CC1. The molecule has 0 unspecified atom stereocenters. The van der Waals surface area contributed by atoms with Crippen molar-refractivity contribution in [3.63, 3.8) is 0 Å². The van der Waals surface area contributed by atoms with Gasteiger partial charge in [-0.25, -0.2) is 9.59 Å². The minimum atomic E-state index is -1.17.